The van der Waals surface area contributed by atoms with Gasteiger partial charge in [0, 0.05) is 12.6 Å². The van der Waals surface area contributed by atoms with Crippen LogP contribution in [0.25, 0.3) is 12.2 Å². The number of carbonyl (C=O) groups is 1. The van der Waals surface area contributed by atoms with Crippen LogP contribution in [-0.4, -0.2) is 21.6 Å². The zero-order chi connectivity index (χ0) is 19.2. The zero-order valence-corrected chi connectivity index (χ0v) is 14.9. The maximum Gasteiger partial charge on any atom is 0.407 e. The molecular formula is C19H21N3O4. The third-order valence-electron chi connectivity index (χ3n) is 3.20. The highest BCUT2D eigenvalue weighted by Crippen LogP contribution is 2.12. The zero-order valence-electron chi connectivity index (χ0n) is 14.9. The lowest BCUT2D eigenvalue weighted by molar-refractivity contribution is -0.389. The van der Waals surface area contributed by atoms with Crippen LogP contribution < -0.4 is 5.32 Å². The lowest BCUT2D eigenvalue weighted by Crippen LogP contribution is -2.32. The summed E-state index contributed by atoms with van der Waals surface area (Å²) in [5.41, 5.74) is 1.83. The van der Waals surface area contributed by atoms with E-state index in [-0.39, 0.29) is 5.82 Å². The smallest absolute Gasteiger partial charge is 0.407 e. The molecule has 0 aliphatic heterocycles. The second-order valence-electron chi connectivity index (χ2n) is 6.61. The van der Waals surface area contributed by atoms with Crippen molar-refractivity contribution in [2.75, 3.05) is 0 Å². The number of nitrogens with zero attached hydrogens (tertiary/aromatic N) is 2. The molecule has 0 aliphatic carbocycles. The van der Waals surface area contributed by atoms with Gasteiger partial charge in [-0.15, -0.1) is 0 Å². The first kappa shape index (κ1) is 19.1. The van der Waals surface area contributed by atoms with Crippen molar-refractivity contribution < 1.29 is 14.5 Å². The molecule has 1 heterocycles. The number of hydrogen-bond donors (Lipinski definition) is 1. The van der Waals surface area contributed by atoms with Gasteiger partial charge < -0.3 is 20.2 Å². The first-order valence-corrected chi connectivity index (χ1v) is 8.08. The summed E-state index contributed by atoms with van der Waals surface area (Å²) >= 11 is 0. The summed E-state index contributed by atoms with van der Waals surface area (Å²) in [6.45, 7) is 5.79. The fraction of sp³-hybridized carbons (Fsp3) is 0.263. The molecule has 1 N–H and O–H groups in total. The van der Waals surface area contributed by atoms with Gasteiger partial charge in [-0.1, -0.05) is 30.3 Å². The van der Waals surface area contributed by atoms with E-state index >= 15 is 0 Å². The highest BCUT2D eigenvalue weighted by Gasteiger charge is 2.15. The van der Waals surface area contributed by atoms with Crippen LogP contribution in [0.3, 0.4) is 0 Å². The Morgan fingerprint density at radius 2 is 1.88 bits per heavy atom. The second kappa shape index (κ2) is 8.24. The number of alkyl carbamates (subject to hydrolysis) is 1. The molecule has 2 rings (SSSR count). The van der Waals surface area contributed by atoms with E-state index in [4.69, 9.17) is 4.74 Å². The summed E-state index contributed by atoms with van der Waals surface area (Å²) in [5, 5.41) is 13.4. The minimum Gasteiger partial charge on any atom is -0.444 e. The summed E-state index contributed by atoms with van der Waals surface area (Å²) < 4.78 is 5.18. The molecule has 0 bridgehead atoms. The molecule has 1 aromatic heterocycles. The SMILES string of the molecule is CC(C)(C)OC(=O)NCc1ccc(/C=C/c2cccc([N+](=O)[O-])n2)cc1. The van der Waals surface area contributed by atoms with Crippen LogP contribution in [0.5, 0.6) is 0 Å². The number of nitro groups is 1. The predicted molar refractivity (Wildman–Crippen MR) is 99.3 cm³/mol. The number of benzene rings is 1. The number of hydrogen-bond acceptors (Lipinski definition) is 5. The van der Waals surface area contributed by atoms with Crippen LogP contribution in [0.1, 0.15) is 37.6 Å². The second-order valence-corrected chi connectivity index (χ2v) is 6.61. The Morgan fingerprint density at radius 3 is 2.50 bits per heavy atom. The Morgan fingerprint density at radius 1 is 1.19 bits per heavy atom. The summed E-state index contributed by atoms with van der Waals surface area (Å²) in [5.74, 6) is -0.185. The molecule has 0 spiro atoms. The molecule has 0 fully saturated rings. The van der Waals surface area contributed by atoms with Gasteiger partial charge in [0.15, 0.2) is 5.69 Å². The number of rotatable bonds is 5. The maximum absolute atomic E-state index is 11.6. The van der Waals surface area contributed by atoms with Crippen LogP contribution in [0, 0.1) is 10.1 Å². The van der Waals surface area contributed by atoms with E-state index in [1.807, 2.05) is 51.1 Å². The van der Waals surface area contributed by atoms with Gasteiger partial charge in [0.05, 0.1) is 0 Å². The molecular weight excluding hydrogens is 334 g/mol. The van der Waals surface area contributed by atoms with E-state index < -0.39 is 16.6 Å². The van der Waals surface area contributed by atoms with Crippen LogP contribution in [0.2, 0.25) is 0 Å². The van der Waals surface area contributed by atoms with Gasteiger partial charge in [-0.2, -0.15) is 0 Å². The van der Waals surface area contributed by atoms with E-state index in [2.05, 4.69) is 10.3 Å². The topological polar surface area (TPSA) is 94.4 Å². The first-order chi connectivity index (χ1) is 12.2. The molecule has 0 unspecified atom stereocenters. The molecule has 1 aromatic carbocycles. The fourth-order valence-electron chi connectivity index (χ4n) is 2.05. The summed E-state index contributed by atoms with van der Waals surface area (Å²) in [6.07, 6.45) is 3.07. The van der Waals surface area contributed by atoms with Crippen molar-refractivity contribution in [3.05, 3.63) is 69.4 Å². The predicted octanol–water partition coefficient (Wildman–Crippen LogP) is 4.18. The largest absolute Gasteiger partial charge is 0.444 e. The number of amides is 1. The first-order valence-electron chi connectivity index (χ1n) is 8.08. The standard InChI is InChI=1S/C19H21N3O4/c1-19(2,3)26-18(23)20-13-15-9-7-14(8-10-15)11-12-16-5-4-6-17(21-16)22(24)25/h4-12H,13H2,1-3H3,(H,20,23)/b12-11+. The Balaban J connectivity index is 1.94. The summed E-state index contributed by atoms with van der Waals surface area (Å²) in [6, 6.07) is 12.2. The number of nitrogens with one attached hydrogen (secondary N) is 1. The maximum atomic E-state index is 11.6. The molecule has 26 heavy (non-hydrogen) atoms. The van der Waals surface area contributed by atoms with Crippen molar-refractivity contribution in [1.29, 1.82) is 0 Å². The lowest BCUT2D eigenvalue weighted by Gasteiger charge is -2.19. The van der Waals surface area contributed by atoms with Gasteiger partial charge in [0.1, 0.15) is 5.60 Å². The van der Waals surface area contributed by atoms with Crippen molar-refractivity contribution in [2.45, 2.75) is 32.9 Å². The van der Waals surface area contributed by atoms with Crippen LogP contribution in [0.4, 0.5) is 10.6 Å². The minimum atomic E-state index is -0.528. The quantitative estimate of drug-likeness (QED) is 0.641. The molecule has 7 nitrogen and oxygen atoms in total. The number of pyridine rings is 1. The van der Waals surface area contributed by atoms with Crippen LogP contribution >= 0.6 is 0 Å². The van der Waals surface area contributed by atoms with Gasteiger partial charge >= 0.3 is 11.9 Å². The summed E-state index contributed by atoms with van der Waals surface area (Å²) in [4.78, 5) is 25.8. The highest BCUT2D eigenvalue weighted by atomic mass is 16.6. The Bertz CT molecular complexity index is 808. The average Bonchev–Trinajstić information content (AvgIpc) is 2.58. The van der Waals surface area contributed by atoms with Crippen LogP contribution in [-0.2, 0) is 11.3 Å². The molecule has 7 heteroatoms. The molecule has 0 saturated carbocycles. The Kier molecular flexibility index (Phi) is 6.06. The third-order valence-corrected chi connectivity index (χ3v) is 3.20. The van der Waals surface area contributed by atoms with Crippen molar-refractivity contribution in [3.63, 3.8) is 0 Å². The lowest BCUT2D eigenvalue weighted by atomic mass is 10.1. The van der Waals surface area contributed by atoms with E-state index in [1.165, 1.54) is 6.07 Å². The molecule has 0 aliphatic rings. The monoisotopic (exact) mass is 355 g/mol. The Labute approximate surface area is 151 Å². The van der Waals surface area contributed by atoms with E-state index in [1.54, 1.807) is 18.2 Å². The third kappa shape index (κ3) is 6.35. The van der Waals surface area contributed by atoms with Crippen molar-refractivity contribution >= 4 is 24.1 Å². The van der Waals surface area contributed by atoms with Crippen molar-refractivity contribution in [2.24, 2.45) is 0 Å². The van der Waals surface area contributed by atoms with E-state index in [0.29, 0.717) is 12.2 Å². The number of aromatic nitrogens is 1. The van der Waals surface area contributed by atoms with Gasteiger partial charge in [0.2, 0.25) is 0 Å². The molecule has 136 valence electrons. The molecule has 0 atom stereocenters. The van der Waals surface area contributed by atoms with Gasteiger partial charge in [-0.25, -0.2) is 4.79 Å². The fourth-order valence-corrected chi connectivity index (χ4v) is 2.05. The van der Waals surface area contributed by atoms with E-state index in [9.17, 15) is 14.9 Å². The van der Waals surface area contributed by atoms with Crippen molar-refractivity contribution in [3.8, 4) is 0 Å². The van der Waals surface area contributed by atoms with Crippen LogP contribution in [0.15, 0.2) is 42.5 Å². The van der Waals surface area contributed by atoms with Gasteiger partial charge in [-0.05, 0) is 60.0 Å². The van der Waals surface area contributed by atoms with Gasteiger partial charge in [-0.3, -0.25) is 0 Å². The molecule has 1 amide bonds. The number of carbonyl (C=O) groups excluding carboxylic acids is 1. The Hall–Kier alpha value is -3.22. The summed E-state index contributed by atoms with van der Waals surface area (Å²) in [7, 11) is 0. The molecule has 0 saturated heterocycles. The van der Waals surface area contributed by atoms with Crippen molar-refractivity contribution in [1.82, 2.24) is 10.3 Å². The minimum absolute atomic E-state index is 0.185. The normalized spacial score (nSPS) is 11.3. The van der Waals surface area contributed by atoms with E-state index in [0.717, 1.165) is 11.1 Å². The highest BCUT2D eigenvalue weighted by molar-refractivity contribution is 5.69. The average molecular weight is 355 g/mol. The molecule has 2 aromatic rings. The molecule has 0 radical (unpaired) electrons. The number of ether oxygens (including phenoxy) is 1. The van der Waals surface area contributed by atoms with Gasteiger partial charge in [0.25, 0.3) is 0 Å².